The van der Waals surface area contributed by atoms with E-state index in [0.29, 0.717) is 5.92 Å². The molecule has 1 saturated carbocycles. The highest BCUT2D eigenvalue weighted by atomic mass is 16.1. The fourth-order valence-electron chi connectivity index (χ4n) is 1.94. The summed E-state index contributed by atoms with van der Waals surface area (Å²) in [5, 5.41) is 0. The van der Waals surface area contributed by atoms with Gasteiger partial charge in [0.25, 0.3) is 0 Å². The van der Waals surface area contributed by atoms with Crippen LogP contribution in [0.25, 0.3) is 0 Å². The molecule has 0 aliphatic heterocycles. The molecular formula is C11H14O. The highest BCUT2D eigenvalue weighted by molar-refractivity contribution is 5.98. The van der Waals surface area contributed by atoms with Crippen LogP contribution < -0.4 is 0 Å². The van der Waals surface area contributed by atoms with Crippen molar-refractivity contribution in [3.8, 4) is 0 Å². The Kier molecular flexibility index (Phi) is 1.67. The first-order valence-electron chi connectivity index (χ1n) is 4.66. The van der Waals surface area contributed by atoms with Crippen LogP contribution in [-0.2, 0) is 4.79 Å². The SMILES string of the molecule is CCC1=CC2CC2C=C1C(C)=O. The Bertz CT molecular complexity index is 283. The molecule has 64 valence electrons. The number of Topliss-reactive ketones (excluding diaryl/α,β-unsaturated/α-hetero) is 1. The van der Waals surface area contributed by atoms with Crippen LogP contribution >= 0.6 is 0 Å². The molecule has 0 radical (unpaired) electrons. The number of carbonyl (C=O) groups excluding carboxylic acids is 1. The first-order chi connectivity index (χ1) is 5.72. The molecule has 0 N–H and O–H groups in total. The molecule has 0 heterocycles. The molecule has 2 unspecified atom stereocenters. The van der Waals surface area contributed by atoms with Crippen LogP contribution in [0.15, 0.2) is 23.3 Å². The van der Waals surface area contributed by atoms with Crippen LogP contribution in [-0.4, -0.2) is 5.78 Å². The minimum Gasteiger partial charge on any atom is -0.295 e. The van der Waals surface area contributed by atoms with E-state index in [-0.39, 0.29) is 5.78 Å². The highest BCUT2D eigenvalue weighted by Gasteiger charge is 2.37. The lowest BCUT2D eigenvalue weighted by molar-refractivity contribution is -0.113. The maximum absolute atomic E-state index is 11.2. The van der Waals surface area contributed by atoms with Gasteiger partial charge in [0.2, 0.25) is 0 Å². The number of hydrogen-bond donors (Lipinski definition) is 0. The van der Waals surface area contributed by atoms with Crippen molar-refractivity contribution in [3.63, 3.8) is 0 Å². The second-order valence-corrected chi connectivity index (χ2v) is 3.75. The summed E-state index contributed by atoms with van der Waals surface area (Å²) in [6, 6.07) is 0. The summed E-state index contributed by atoms with van der Waals surface area (Å²) >= 11 is 0. The molecule has 2 rings (SSSR count). The molecule has 0 saturated heterocycles. The standard InChI is InChI=1S/C11H14O/c1-3-8-4-9-5-10(9)6-11(8)7(2)12/h4,6,9-10H,3,5H2,1-2H3. The maximum Gasteiger partial charge on any atom is 0.159 e. The Hall–Kier alpha value is -0.850. The van der Waals surface area contributed by atoms with E-state index in [4.69, 9.17) is 0 Å². The number of allylic oxidation sites excluding steroid dienone is 4. The van der Waals surface area contributed by atoms with Gasteiger partial charge in [0.15, 0.2) is 5.78 Å². The minimum atomic E-state index is 0.230. The van der Waals surface area contributed by atoms with E-state index in [2.05, 4.69) is 19.1 Å². The van der Waals surface area contributed by atoms with Gasteiger partial charge < -0.3 is 0 Å². The first-order valence-corrected chi connectivity index (χ1v) is 4.66. The van der Waals surface area contributed by atoms with Crippen LogP contribution in [0.3, 0.4) is 0 Å². The van der Waals surface area contributed by atoms with Gasteiger partial charge in [0, 0.05) is 5.57 Å². The van der Waals surface area contributed by atoms with Crippen LogP contribution in [0.5, 0.6) is 0 Å². The van der Waals surface area contributed by atoms with Gasteiger partial charge in [0.05, 0.1) is 0 Å². The van der Waals surface area contributed by atoms with E-state index in [9.17, 15) is 4.79 Å². The average molecular weight is 162 g/mol. The Morgan fingerprint density at radius 1 is 1.50 bits per heavy atom. The van der Waals surface area contributed by atoms with E-state index in [1.165, 1.54) is 12.0 Å². The van der Waals surface area contributed by atoms with Gasteiger partial charge in [-0.2, -0.15) is 0 Å². The fraction of sp³-hybridized carbons (Fsp3) is 0.545. The van der Waals surface area contributed by atoms with E-state index in [1.807, 2.05) is 0 Å². The quantitative estimate of drug-likeness (QED) is 0.609. The molecule has 0 aromatic carbocycles. The molecule has 1 fully saturated rings. The molecule has 2 atom stereocenters. The van der Waals surface area contributed by atoms with Crippen molar-refractivity contribution in [2.45, 2.75) is 26.7 Å². The minimum absolute atomic E-state index is 0.230. The molecule has 0 amide bonds. The second kappa shape index (κ2) is 2.58. The zero-order valence-corrected chi connectivity index (χ0v) is 7.63. The summed E-state index contributed by atoms with van der Waals surface area (Å²) in [4.78, 5) is 11.2. The summed E-state index contributed by atoms with van der Waals surface area (Å²) in [7, 11) is 0. The molecule has 0 bridgehead atoms. The summed E-state index contributed by atoms with van der Waals surface area (Å²) in [5.41, 5.74) is 2.25. The van der Waals surface area contributed by atoms with Crippen molar-refractivity contribution >= 4 is 5.78 Å². The van der Waals surface area contributed by atoms with Crippen molar-refractivity contribution in [2.24, 2.45) is 11.8 Å². The van der Waals surface area contributed by atoms with Gasteiger partial charge in [0.1, 0.15) is 0 Å². The van der Waals surface area contributed by atoms with Crippen molar-refractivity contribution in [2.75, 3.05) is 0 Å². The summed E-state index contributed by atoms with van der Waals surface area (Å²) < 4.78 is 0. The molecule has 0 spiro atoms. The predicted molar refractivity (Wildman–Crippen MR) is 48.7 cm³/mol. The monoisotopic (exact) mass is 162 g/mol. The topological polar surface area (TPSA) is 17.1 Å². The van der Waals surface area contributed by atoms with Crippen molar-refractivity contribution in [1.82, 2.24) is 0 Å². The number of fused-ring (bicyclic) bond motifs is 1. The lowest BCUT2D eigenvalue weighted by Gasteiger charge is -2.10. The molecule has 1 nitrogen and oxygen atoms in total. The Morgan fingerprint density at radius 3 is 2.75 bits per heavy atom. The second-order valence-electron chi connectivity index (χ2n) is 3.75. The van der Waals surface area contributed by atoms with E-state index in [0.717, 1.165) is 17.9 Å². The highest BCUT2D eigenvalue weighted by Crippen LogP contribution is 2.46. The smallest absolute Gasteiger partial charge is 0.159 e. The van der Waals surface area contributed by atoms with Crippen LogP contribution in [0.4, 0.5) is 0 Å². The Morgan fingerprint density at radius 2 is 2.17 bits per heavy atom. The van der Waals surface area contributed by atoms with Crippen molar-refractivity contribution in [3.05, 3.63) is 23.3 Å². The molecule has 1 heteroatoms. The lowest BCUT2D eigenvalue weighted by Crippen LogP contribution is -2.04. The van der Waals surface area contributed by atoms with Gasteiger partial charge in [-0.15, -0.1) is 0 Å². The van der Waals surface area contributed by atoms with E-state index in [1.54, 1.807) is 6.92 Å². The van der Waals surface area contributed by atoms with Gasteiger partial charge in [-0.25, -0.2) is 0 Å². The van der Waals surface area contributed by atoms with Crippen LogP contribution in [0.1, 0.15) is 26.7 Å². The third-order valence-electron chi connectivity index (χ3n) is 2.79. The van der Waals surface area contributed by atoms with Gasteiger partial charge in [-0.05, 0) is 37.2 Å². The molecule has 0 aromatic rings. The van der Waals surface area contributed by atoms with Gasteiger partial charge in [-0.1, -0.05) is 19.1 Å². The third-order valence-corrected chi connectivity index (χ3v) is 2.79. The fourth-order valence-corrected chi connectivity index (χ4v) is 1.94. The van der Waals surface area contributed by atoms with Crippen LogP contribution in [0, 0.1) is 11.8 Å². The summed E-state index contributed by atoms with van der Waals surface area (Å²) in [6.07, 6.45) is 6.72. The summed E-state index contributed by atoms with van der Waals surface area (Å²) in [5.74, 6) is 1.69. The number of rotatable bonds is 2. The van der Waals surface area contributed by atoms with Crippen LogP contribution in [0.2, 0.25) is 0 Å². The summed E-state index contributed by atoms with van der Waals surface area (Å²) in [6.45, 7) is 3.78. The number of ketones is 1. The first kappa shape index (κ1) is 7.78. The molecule has 0 aromatic heterocycles. The third kappa shape index (κ3) is 1.13. The average Bonchev–Trinajstić information content (AvgIpc) is 2.79. The molecular weight excluding hydrogens is 148 g/mol. The Labute approximate surface area is 73.2 Å². The molecule has 12 heavy (non-hydrogen) atoms. The molecule has 2 aliphatic carbocycles. The number of hydrogen-bond acceptors (Lipinski definition) is 1. The zero-order valence-electron chi connectivity index (χ0n) is 7.63. The number of carbonyl (C=O) groups is 1. The molecule has 2 aliphatic rings. The van der Waals surface area contributed by atoms with Gasteiger partial charge >= 0.3 is 0 Å². The normalized spacial score (nSPS) is 31.8. The largest absolute Gasteiger partial charge is 0.295 e. The zero-order chi connectivity index (χ0) is 8.72. The van der Waals surface area contributed by atoms with Crippen molar-refractivity contribution in [1.29, 1.82) is 0 Å². The van der Waals surface area contributed by atoms with E-state index >= 15 is 0 Å². The van der Waals surface area contributed by atoms with Crippen molar-refractivity contribution < 1.29 is 4.79 Å². The lowest BCUT2D eigenvalue weighted by atomic mass is 9.93. The predicted octanol–water partition coefficient (Wildman–Crippen LogP) is 2.49. The van der Waals surface area contributed by atoms with E-state index < -0.39 is 0 Å². The maximum atomic E-state index is 11.2. The Balaban J connectivity index is 2.29. The van der Waals surface area contributed by atoms with Gasteiger partial charge in [-0.3, -0.25) is 4.79 Å².